The van der Waals surface area contributed by atoms with E-state index in [1.165, 1.54) is 11.3 Å². The second-order valence-electron chi connectivity index (χ2n) is 4.48. The Morgan fingerprint density at radius 2 is 2.24 bits per heavy atom. The molecule has 0 fully saturated rings. The molecular weight excluding hydrogens is 346 g/mol. The normalized spacial score (nSPS) is 12.7. The zero-order valence-corrected chi connectivity index (χ0v) is 14.4. The van der Waals surface area contributed by atoms with E-state index in [0.29, 0.717) is 11.5 Å². The number of nitrogens with zero attached hydrogens (tertiary/aromatic N) is 3. The van der Waals surface area contributed by atoms with Crippen LogP contribution in [0.1, 0.15) is 10.6 Å². The number of hydrogen-bond donors (Lipinski definition) is 0. The van der Waals surface area contributed by atoms with Crippen LogP contribution < -0.4 is 0 Å². The van der Waals surface area contributed by atoms with Crippen molar-refractivity contribution < 1.29 is 4.21 Å². The standard InChI is InChI=1S/C13H12ClN3OS3/c1-17-5-9(4-15-17)13-16-10(6-19-13)7-21(18)8-11-2-3-12(14)20-11/h2-6H,7-8H2,1H3/t21-/m1/s1. The fourth-order valence-electron chi connectivity index (χ4n) is 1.84. The van der Waals surface area contributed by atoms with E-state index in [2.05, 4.69) is 10.1 Å². The molecule has 0 saturated carbocycles. The lowest BCUT2D eigenvalue weighted by Crippen LogP contribution is -1.98. The lowest BCUT2D eigenvalue weighted by Gasteiger charge is -1.97. The summed E-state index contributed by atoms with van der Waals surface area (Å²) in [6.07, 6.45) is 3.71. The molecule has 0 bridgehead atoms. The largest absolute Gasteiger partial charge is 0.275 e. The summed E-state index contributed by atoms with van der Waals surface area (Å²) >= 11 is 8.90. The molecule has 8 heteroatoms. The van der Waals surface area contributed by atoms with Crippen LogP contribution >= 0.6 is 34.3 Å². The third kappa shape index (κ3) is 3.79. The Morgan fingerprint density at radius 1 is 1.38 bits per heavy atom. The van der Waals surface area contributed by atoms with E-state index >= 15 is 0 Å². The van der Waals surface area contributed by atoms with E-state index in [1.807, 2.05) is 30.8 Å². The van der Waals surface area contributed by atoms with Gasteiger partial charge in [-0.3, -0.25) is 8.89 Å². The van der Waals surface area contributed by atoms with Crippen molar-refractivity contribution in [1.29, 1.82) is 0 Å². The summed E-state index contributed by atoms with van der Waals surface area (Å²) in [6.45, 7) is 0. The van der Waals surface area contributed by atoms with Gasteiger partial charge in [0.05, 0.1) is 27.7 Å². The SMILES string of the molecule is Cn1cc(-c2nc(C[S@@](=O)Cc3ccc(Cl)s3)cs2)cn1. The number of aromatic nitrogens is 3. The van der Waals surface area contributed by atoms with Crippen molar-refractivity contribution in [2.45, 2.75) is 11.5 Å². The Bertz CT molecular complexity index is 777. The highest BCUT2D eigenvalue weighted by molar-refractivity contribution is 7.83. The van der Waals surface area contributed by atoms with E-state index in [0.717, 1.165) is 25.5 Å². The molecule has 0 unspecified atom stereocenters. The molecule has 0 radical (unpaired) electrons. The van der Waals surface area contributed by atoms with Crippen LogP contribution in [0, 0.1) is 0 Å². The molecule has 0 aliphatic heterocycles. The van der Waals surface area contributed by atoms with Gasteiger partial charge in [-0.1, -0.05) is 11.6 Å². The van der Waals surface area contributed by atoms with Gasteiger partial charge in [-0.15, -0.1) is 22.7 Å². The maximum absolute atomic E-state index is 12.2. The predicted octanol–water partition coefficient (Wildman–Crippen LogP) is 3.71. The number of rotatable bonds is 5. The molecule has 21 heavy (non-hydrogen) atoms. The Morgan fingerprint density at radius 3 is 2.90 bits per heavy atom. The average Bonchev–Trinajstić information content (AvgIpc) is 3.12. The minimum Gasteiger partial charge on any atom is -0.275 e. The number of hydrogen-bond acceptors (Lipinski definition) is 5. The highest BCUT2D eigenvalue weighted by Crippen LogP contribution is 2.25. The molecule has 3 aromatic rings. The van der Waals surface area contributed by atoms with Crippen LogP contribution in [0.3, 0.4) is 0 Å². The van der Waals surface area contributed by atoms with Gasteiger partial charge >= 0.3 is 0 Å². The maximum Gasteiger partial charge on any atom is 0.126 e. The first kappa shape index (κ1) is 14.9. The lowest BCUT2D eigenvalue weighted by atomic mass is 10.4. The minimum atomic E-state index is -0.971. The minimum absolute atomic E-state index is 0.465. The van der Waals surface area contributed by atoms with Crippen molar-refractivity contribution in [1.82, 2.24) is 14.8 Å². The zero-order chi connectivity index (χ0) is 14.8. The van der Waals surface area contributed by atoms with Gasteiger partial charge in [0.25, 0.3) is 0 Å². The third-order valence-corrected chi connectivity index (χ3v) is 6.35. The molecule has 3 rings (SSSR count). The summed E-state index contributed by atoms with van der Waals surface area (Å²) in [4.78, 5) is 5.57. The molecule has 3 heterocycles. The van der Waals surface area contributed by atoms with Crippen LogP contribution in [0.2, 0.25) is 4.34 Å². The van der Waals surface area contributed by atoms with Crippen molar-refractivity contribution >= 4 is 45.1 Å². The van der Waals surface area contributed by atoms with E-state index in [1.54, 1.807) is 22.2 Å². The van der Waals surface area contributed by atoms with E-state index < -0.39 is 10.8 Å². The monoisotopic (exact) mass is 357 g/mol. The summed E-state index contributed by atoms with van der Waals surface area (Å²) < 4.78 is 14.6. The molecule has 0 aromatic carbocycles. The van der Waals surface area contributed by atoms with Crippen molar-refractivity contribution in [2.75, 3.05) is 0 Å². The van der Waals surface area contributed by atoms with Crippen LogP contribution in [0.5, 0.6) is 0 Å². The molecule has 0 N–H and O–H groups in total. The number of thiazole rings is 1. The Hall–Kier alpha value is -1.02. The first-order chi connectivity index (χ1) is 10.1. The number of aryl methyl sites for hydroxylation is 1. The van der Waals surface area contributed by atoms with Gasteiger partial charge in [0, 0.05) is 39.9 Å². The van der Waals surface area contributed by atoms with Crippen LogP contribution in [0.15, 0.2) is 29.9 Å². The predicted molar refractivity (Wildman–Crippen MR) is 89.2 cm³/mol. The fourth-order valence-corrected chi connectivity index (χ4v) is 5.25. The molecule has 0 amide bonds. The Kier molecular flexibility index (Phi) is 4.54. The molecule has 1 atom stereocenters. The first-order valence-electron chi connectivity index (χ1n) is 6.13. The molecule has 3 aromatic heterocycles. The lowest BCUT2D eigenvalue weighted by molar-refractivity contribution is 0.682. The van der Waals surface area contributed by atoms with Gasteiger partial charge in [0.2, 0.25) is 0 Å². The van der Waals surface area contributed by atoms with Gasteiger partial charge in [-0.05, 0) is 12.1 Å². The summed E-state index contributed by atoms with van der Waals surface area (Å²) in [5.41, 5.74) is 1.85. The fraction of sp³-hybridized carbons (Fsp3) is 0.231. The summed E-state index contributed by atoms with van der Waals surface area (Å²) in [5, 5.41) is 7.00. The molecule has 0 spiro atoms. The number of thiophene rings is 1. The Balaban J connectivity index is 1.65. The molecule has 0 aliphatic carbocycles. The van der Waals surface area contributed by atoms with Gasteiger partial charge in [-0.25, -0.2) is 4.98 Å². The number of halogens is 1. The van der Waals surface area contributed by atoms with Crippen molar-refractivity contribution in [2.24, 2.45) is 7.05 Å². The van der Waals surface area contributed by atoms with Gasteiger partial charge in [0.1, 0.15) is 5.01 Å². The molecule has 0 aliphatic rings. The highest BCUT2D eigenvalue weighted by atomic mass is 35.5. The second-order valence-corrected chi connectivity index (χ2v) is 8.60. The molecule has 0 saturated heterocycles. The topological polar surface area (TPSA) is 47.8 Å². The summed E-state index contributed by atoms with van der Waals surface area (Å²) in [7, 11) is 0.903. The van der Waals surface area contributed by atoms with Crippen LogP contribution in [0.25, 0.3) is 10.6 Å². The van der Waals surface area contributed by atoms with Crippen LogP contribution in [-0.2, 0) is 29.4 Å². The smallest absolute Gasteiger partial charge is 0.126 e. The van der Waals surface area contributed by atoms with Gasteiger partial charge < -0.3 is 0 Å². The Labute approximate surface area is 137 Å². The molecular formula is C13H12ClN3OS3. The quantitative estimate of drug-likeness (QED) is 0.699. The maximum atomic E-state index is 12.2. The van der Waals surface area contributed by atoms with Gasteiger partial charge in [0.15, 0.2) is 0 Å². The summed E-state index contributed by atoms with van der Waals surface area (Å²) in [6, 6.07) is 3.76. The van der Waals surface area contributed by atoms with Crippen molar-refractivity contribution in [3.05, 3.63) is 44.8 Å². The van der Waals surface area contributed by atoms with Crippen molar-refractivity contribution in [3.63, 3.8) is 0 Å². The third-order valence-electron chi connectivity index (χ3n) is 2.74. The second kappa shape index (κ2) is 6.39. The van der Waals surface area contributed by atoms with E-state index in [9.17, 15) is 4.21 Å². The first-order valence-corrected chi connectivity index (χ1v) is 9.69. The highest BCUT2D eigenvalue weighted by Gasteiger charge is 2.10. The van der Waals surface area contributed by atoms with Crippen LogP contribution in [-0.4, -0.2) is 19.0 Å². The van der Waals surface area contributed by atoms with Gasteiger partial charge in [-0.2, -0.15) is 5.10 Å². The van der Waals surface area contributed by atoms with E-state index in [4.69, 9.17) is 11.6 Å². The average molecular weight is 358 g/mol. The molecule has 4 nitrogen and oxygen atoms in total. The van der Waals surface area contributed by atoms with Crippen LogP contribution in [0.4, 0.5) is 0 Å². The van der Waals surface area contributed by atoms with E-state index in [-0.39, 0.29) is 0 Å². The molecule has 110 valence electrons. The zero-order valence-electron chi connectivity index (χ0n) is 11.2. The summed E-state index contributed by atoms with van der Waals surface area (Å²) in [5.74, 6) is 0.990. The van der Waals surface area contributed by atoms with Crippen molar-refractivity contribution in [3.8, 4) is 10.6 Å².